The first-order chi connectivity index (χ1) is 13.7. The molecule has 1 N–H and O–H groups in total. The number of nitrogens with zero attached hydrogens (tertiary/aromatic N) is 2. The van der Waals surface area contributed by atoms with E-state index < -0.39 is 6.04 Å². The minimum Gasteiger partial charge on any atom is -0.350 e. The highest BCUT2D eigenvalue weighted by molar-refractivity contribution is 5.92. The van der Waals surface area contributed by atoms with Crippen LogP contribution in [-0.2, 0) is 29.1 Å². The molecule has 4 rings (SSSR count). The van der Waals surface area contributed by atoms with Gasteiger partial charge in [-0.1, -0.05) is 60.7 Å². The number of carbonyl (C=O) groups excluding carboxylic acids is 2. The molecular formula is C23H21N3O2. The van der Waals surface area contributed by atoms with Crippen molar-refractivity contribution in [3.8, 4) is 0 Å². The summed E-state index contributed by atoms with van der Waals surface area (Å²) in [6.45, 7) is 0.775. The molecular weight excluding hydrogens is 350 g/mol. The second-order valence-electron chi connectivity index (χ2n) is 6.86. The summed E-state index contributed by atoms with van der Waals surface area (Å²) in [5, 5.41) is 2.97. The molecule has 3 aromatic rings. The first-order valence-electron chi connectivity index (χ1n) is 9.30. The van der Waals surface area contributed by atoms with Gasteiger partial charge in [0.15, 0.2) is 0 Å². The highest BCUT2D eigenvalue weighted by atomic mass is 16.2. The summed E-state index contributed by atoms with van der Waals surface area (Å²) < 4.78 is 0. The van der Waals surface area contributed by atoms with Crippen molar-refractivity contribution in [2.24, 2.45) is 0 Å². The average molecular weight is 371 g/mol. The van der Waals surface area contributed by atoms with E-state index in [1.165, 1.54) is 0 Å². The van der Waals surface area contributed by atoms with Gasteiger partial charge in [0, 0.05) is 25.5 Å². The zero-order valence-corrected chi connectivity index (χ0v) is 15.4. The molecule has 1 aliphatic heterocycles. The van der Waals surface area contributed by atoms with E-state index in [1.54, 1.807) is 17.3 Å². The number of hydrogen-bond donors (Lipinski definition) is 1. The highest BCUT2D eigenvalue weighted by Crippen LogP contribution is 2.32. The summed E-state index contributed by atoms with van der Waals surface area (Å²) >= 11 is 0. The molecule has 28 heavy (non-hydrogen) atoms. The van der Waals surface area contributed by atoms with E-state index in [0.717, 1.165) is 22.3 Å². The number of carbonyl (C=O) groups is 2. The van der Waals surface area contributed by atoms with Crippen LogP contribution in [0.3, 0.4) is 0 Å². The Morgan fingerprint density at radius 1 is 1.00 bits per heavy atom. The molecule has 5 nitrogen and oxygen atoms in total. The number of rotatable bonds is 5. The molecule has 1 atom stereocenters. The minimum absolute atomic E-state index is 0.0379. The largest absolute Gasteiger partial charge is 0.350 e. The molecule has 0 fully saturated rings. The van der Waals surface area contributed by atoms with Gasteiger partial charge in [-0.15, -0.1) is 0 Å². The lowest BCUT2D eigenvalue weighted by Gasteiger charge is -2.36. The second kappa shape index (κ2) is 8.05. The Labute approximate surface area is 164 Å². The first kappa shape index (κ1) is 17.9. The predicted octanol–water partition coefficient (Wildman–Crippen LogP) is 3.02. The van der Waals surface area contributed by atoms with Gasteiger partial charge >= 0.3 is 0 Å². The van der Waals surface area contributed by atoms with E-state index in [2.05, 4.69) is 10.3 Å². The monoisotopic (exact) mass is 371 g/mol. The maximum absolute atomic E-state index is 13.2. The molecule has 1 aliphatic rings. The van der Waals surface area contributed by atoms with E-state index in [4.69, 9.17) is 0 Å². The van der Waals surface area contributed by atoms with Crippen molar-refractivity contribution in [3.05, 3.63) is 101 Å². The summed E-state index contributed by atoms with van der Waals surface area (Å²) in [5.74, 6) is -0.218. The third kappa shape index (κ3) is 3.78. The average Bonchev–Trinajstić information content (AvgIpc) is 2.74. The van der Waals surface area contributed by atoms with Gasteiger partial charge in [0.05, 0.1) is 6.42 Å². The fraction of sp³-hybridized carbons (Fsp3) is 0.174. The van der Waals surface area contributed by atoms with Crippen LogP contribution < -0.4 is 5.32 Å². The van der Waals surface area contributed by atoms with E-state index in [-0.39, 0.29) is 11.8 Å². The molecule has 1 aromatic heterocycles. The summed E-state index contributed by atoms with van der Waals surface area (Å²) in [6.07, 6.45) is 3.74. The number of pyridine rings is 1. The van der Waals surface area contributed by atoms with Gasteiger partial charge in [-0.2, -0.15) is 0 Å². The van der Waals surface area contributed by atoms with Crippen LogP contribution in [-0.4, -0.2) is 21.7 Å². The van der Waals surface area contributed by atoms with Gasteiger partial charge in [0.2, 0.25) is 11.8 Å². The summed E-state index contributed by atoms with van der Waals surface area (Å²) in [5.41, 5.74) is 3.72. The SMILES string of the molecule is O=C(NCc1cccnc1)[C@@H]1c2ccccc2CC(=O)N1Cc1ccccc1. The Hall–Kier alpha value is -3.47. The third-order valence-corrected chi connectivity index (χ3v) is 4.96. The number of nitrogens with one attached hydrogen (secondary N) is 1. The fourth-order valence-corrected chi connectivity index (χ4v) is 3.57. The molecule has 5 heteroatoms. The molecule has 0 unspecified atom stereocenters. The van der Waals surface area contributed by atoms with Crippen molar-refractivity contribution < 1.29 is 9.59 Å². The van der Waals surface area contributed by atoms with Gasteiger partial charge in [-0.3, -0.25) is 14.6 Å². The summed E-state index contributed by atoms with van der Waals surface area (Å²) in [4.78, 5) is 31.8. The summed E-state index contributed by atoms with van der Waals surface area (Å²) in [7, 11) is 0. The van der Waals surface area contributed by atoms with Crippen LogP contribution in [0.4, 0.5) is 0 Å². The van der Waals surface area contributed by atoms with E-state index in [1.807, 2.05) is 66.7 Å². The Balaban J connectivity index is 1.62. The van der Waals surface area contributed by atoms with Crippen LogP contribution in [0.5, 0.6) is 0 Å². The van der Waals surface area contributed by atoms with Crippen molar-refractivity contribution >= 4 is 11.8 Å². The lowest BCUT2D eigenvalue weighted by atomic mass is 9.91. The van der Waals surface area contributed by atoms with Gasteiger partial charge in [-0.05, 0) is 28.3 Å². The zero-order chi connectivity index (χ0) is 19.3. The highest BCUT2D eigenvalue weighted by Gasteiger charge is 2.36. The van der Waals surface area contributed by atoms with Crippen molar-refractivity contribution in [2.45, 2.75) is 25.6 Å². The number of fused-ring (bicyclic) bond motifs is 1. The number of benzene rings is 2. The lowest BCUT2D eigenvalue weighted by Crippen LogP contribution is -2.46. The standard InChI is InChI=1S/C23H21N3O2/c27-21-13-19-10-4-5-11-20(19)22(26(21)16-17-7-2-1-3-8-17)23(28)25-15-18-9-6-12-24-14-18/h1-12,14,22H,13,15-16H2,(H,25,28)/t22-/m0/s1. The molecule has 2 amide bonds. The number of amides is 2. The molecule has 0 saturated heterocycles. The van der Waals surface area contributed by atoms with Crippen LogP contribution in [0.15, 0.2) is 79.1 Å². The smallest absolute Gasteiger partial charge is 0.247 e. The molecule has 0 spiro atoms. The normalized spacial score (nSPS) is 15.8. The first-order valence-corrected chi connectivity index (χ1v) is 9.30. The molecule has 0 bridgehead atoms. The molecule has 0 aliphatic carbocycles. The third-order valence-electron chi connectivity index (χ3n) is 4.96. The predicted molar refractivity (Wildman–Crippen MR) is 106 cm³/mol. The van der Waals surface area contributed by atoms with Crippen molar-refractivity contribution in [2.75, 3.05) is 0 Å². The van der Waals surface area contributed by atoms with Gasteiger partial charge < -0.3 is 10.2 Å². The lowest BCUT2D eigenvalue weighted by molar-refractivity contribution is -0.142. The maximum atomic E-state index is 13.2. The molecule has 2 heterocycles. The number of hydrogen-bond acceptors (Lipinski definition) is 3. The fourth-order valence-electron chi connectivity index (χ4n) is 3.57. The van der Waals surface area contributed by atoms with Gasteiger partial charge in [0.1, 0.15) is 6.04 Å². The van der Waals surface area contributed by atoms with E-state index in [9.17, 15) is 9.59 Å². The molecule has 140 valence electrons. The Morgan fingerprint density at radius 2 is 1.75 bits per heavy atom. The van der Waals surface area contributed by atoms with Gasteiger partial charge in [0.25, 0.3) is 0 Å². The van der Waals surface area contributed by atoms with Crippen LogP contribution in [0.25, 0.3) is 0 Å². The quantitative estimate of drug-likeness (QED) is 0.750. The summed E-state index contributed by atoms with van der Waals surface area (Å²) in [6, 6.07) is 20.5. The Morgan fingerprint density at radius 3 is 2.54 bits per heavy atom. The Kier molecular flexibility index (Phi) is 5.15. The molecule has 2 aromatic carbocycles. The van der Waals surface area contributed by atoms with Crippen LogP contribution in [0, 0.1) is 0 Å². The Bertz CT molecular complexity index is 973. The van der Waals surface area contributed by atoms with Crippen LogP contribution in [0.1, 0.15) is 28.3 Å². The van der Waals surface area contributed by atoms with Crippen LogP contribution >= 0.6 is 0 Å². The topological polar surface area (TPSA) is 62.3 Å². The minimum atomic E-state index is -0.644. The van der Waals surface area contributed by atoms with Crippen molar-refractivity contribution in [3.63, 3.8) is 0 Å². The second-order valence-corrected chi connectivity index (χ2v) is 6.86. The molecule has 0 saturated carbocycles. The maximum Gasteiger partial charge on any atom is 0.247 e. The van der Waals surface area contributed by atoms with Crippen LogP contribution in [0.2, 0.25) is 0 Å². The van der Waals surface area contributed by atoms with E-state index in [0.29, 0.717) is 19.5 Å². The van der Waals surface area contributed by atoms with Crippen molar-refractivity contribution in [1.82, 2.24) is 15.2 Å². The van der Waals surface area contributed by atoms with Crippen molar-refractivity contribution in [1.29, 1.82) is 0 Å². The molecule has 0 radical (unpaired) electrons. The van der Waals surface area contributed by atoms with E-state index >= 15 is 0 Å². The number of aromatic nitrogens is 1. The van der Waals surface area contributed by atoms with Gasteiger partial charge in [-0.25, -0.2) is 0 Å². The zero-order valence-electron chi connectivity index (χ0n) is 15.4.